The normalized spacial score (nSPS) is 11.5. The Morgan fingerprint density at radius 1 is 1.44 bits per heavy atom. The number of aliphatic carboxylic acids is 1. The SMILES string of the molecule is CC(C)(C(=O)O)n1nnnc1-c1ccc(Br)cn1. The van der Waals surface area contributed by atoms with Crippen molar-refractivity contribution in [1.29, 1.82) is 0 Å². The van der Waals surface area contributed by atoms with Gasteiger partial charge in [0.05, 0.1) is 0 Å². The van der Waals surface area contributed by atoms with Crippen LogP contribution >= 0.6 is 15.9 Å². The molecule has 0 amide bonds. The summed E-state index contributed by atoms with van der Waals surface area (Å²) < 4.78 is 2.06. The molecule has 18 heavy (non-hydrogen) atoms. The van der Waals surface area contributed by atoms with E-state index in [4.69, 9.17) is 0 Å². The zero-order chi connectivity index (χ0) is 13.3. The summed E-state index contributed by atoms with van der Waals surface area (Å²) in [6.07, 6.45) is 1.60. The van der Waals surface area contributed by atoms with Crippen molar-refractivity contribution < 1.29 is 9.90 Å². The maximum Gasteiger partial charge on any atom is 0.331 e. The van der Waals surface area contributed by atoms with Gasteiger partial charge in [-0.15, -0.1) is 5.10 Å². The number of halogens is 1. The molecule has 0 fully saturated rings. The molecular weight excluding hydrogens is 302 g/mol. The van der Waals surface area contributed by atoms with Gasteiger partial charge in [0.15, 0.2) is 5.54 Å². The average molecular weight is 312 g/mol. The van der Waals surface area contributed by atoms with Gasteiger partial charge in [0.25, 0.3) is 0 Å². The largest absolute Gasteiger partial charge is 0.479 e. The van der Waals surface area contributed by atoms with Gasteiger partial charge in [-0.05, 0) is 52.3 Å². The third kappa shape index (κ3) is 2.10. The molecule has 2 heterocycles. The van der Waals surface area contributed by atoms with E-state index in [0.29, 0.717) is 11.5 Å². The Labute approximate surface area is 111 Å². The van der Waals surface area contributed by atoms with Crippen molar-refractivity contribution in [2.24, 2.45) is 0 Å². The molecule has 2 aromatic heterocycles. The fourth-order valence-corrected chi connectivity index (χ4v) is 1.56. The molecule has 0 aliphatic heterocycles. The monoisotopic (exact) mass is 311 g/mol. The zero-order valence-corrected chi connectivity index (χ0v) is 11.3. The number of hydrogen-bond donors (Lipinski definition) is 1. The minimum Gasteiger partial charge on any atom is -0.479 e. The van der Waals surface area contributed by atoms with Crippen molar-refractivity contribution in [3.63, 3.8) is 0 Å². The highest BCUT2D eigenvalue weighted by molar-refractivity contribution is 9.10. The second-order valence-electron chi connectivity index (χ2n) is 4.14. The number of tetrazole rings is 1. The second kappa shape index (κ2) is 4.45. The molecule has 7 nitrogen and oxygen atoms in total. The highest BCUT2D eigenvalue weighted by Gasteiger charge is 2.34. The van der Waals surface area contributed by atoms with Crippen LogP contribution < -0.4 is 0 Å². The molecule has 1 N–H and O–H groups in total. The molecule has 2 rings (SSSR count). The van der Waals surface area contributed by atoms with Gasteiger partial charge >= 0.3 is 5.97 Å². The van der Waals surface area contributed by atoms with E-state index in [9.17, 15) is 9.90 Å². The van der Waals surface area contributed by atoms with E-state index in [-0.39, 0.29) is 0 Å². The topological polar surface area (TPSA) is 93.8 Å². The first kappa shape index (κ1) is 12.6. The van der Waals surface area contributed by atoms with Crippen molar-refractivity contribution in [1.82, 2.24) is 25.2 Å². The molecule has 0 radical (unpaired) electrons. The predicted molar refractivity (Wildman–Crippen MR) is 65.7 cm³/mol. The van der Waals surface area contributed by atoms with Crippen molar-refractivity contribution in [2.45, 2.75) is 19.4 Å². The molecule has 8 heteroatoms. The number of carbonyl (C=O) groups is 1. The Bertz CT molecular complexity index is 578. The van der Waals surface area contributed by atoms with Crippen molar-refractivity contribution >= 4 is 21.9 Å². The molecule has 0 atom stereocenters. The Morgan fingerprint density at radius 3 is 2.72 bits per heavy atom. The number of carboxylic acid groups (broad SMARTS) is 1. The summed E-state index contributed by atoms with van der Waals surface area (Å²) >= 11 is 3.27. The first-order valence-corrected chi connectivity index (χ1v) is 5.86. The molecule has 0 aromatic carbocycles. The van der Waals surface area contributed by atoms with Crippen molar-refractivity contribution in [2.75, 3.05) is 0 Å². The summed E-state index contributed by atoms with van der Waals surface area (Å²) in [7, 11) is 0. The van der Waals surface area contributed by atoms with Gasteiger partial charge in [0, 0.05) is 10.7 Å². The number of pyridine rings is 1. The van der Waals surface area contributed by atoms with E-state index in [2.05, 4.69) is 36.4 Å². The van der Waals surface area contributed by atoms with Gasteiger partial charge < -0.3 is 5.11 Å². The van der Waals surface area contributed by atoms with Crippen LogP contribution in [0.1, 0.15) is 13.8 Å². The first-order chi connectivity index (χ1) is 8.43. The lowest BCUT2D eigenvalue weighted by atomic mass is 10.1. The summed E-state index contributed by atoms with van der Waals surface area (Å²) in [5, 5.41) is 20.3. The lowest BCUT2D eigenvalue weighted by molar-refractivity contribution is -0.146. The first-order valence-electron chi connectivity index (χ1n) is 5.07. The maximum atomic E-state index is 11.2. The molecule has 0 bridgehead atoms. The van der Waals surface area contributed by atoms with Gasteiger partial charge in [0.1, 0.15) is 5.69 Å². The summed E-state index contributed by atoms with van der Waals surface area (Å²) in [4.78, 5) is 15.4. The molecule has 0 aliphatic carbocycles. The van der Waals surface area contributed by atoms with Gasteiger partial charge in [-0.3, -0.25) is 4.98 Å². The van der Waals surface area contributed by atoms with Gasteiger partial charge in [-0.25, -0.2) is 9.48 Å². The highest BCUT2D eigenvalue weighted by atomic mass is 79.9. The van der Waals surface area contributed by atoms with Crippen molar-refractivity contribution in [3.05, 3.63) is 22.8 Å². The van der Waals surface area contributed by atoms with Crippen LogP contribution in [0.3, 0.4) is 0 Å². The molecule has 0 unspecified atom stereocenters. The molecular formula is C10H10BrN5O2. The van der Waals surface area contributed by atoms with Crippen LogP contribution in [0.4, 0.5) is 0 Å². The quantitative estimate of drug-likeness (QED) is 0.918. The Kier molecular flexibility index (Phi) is 3.12. The minimum atomic E-state index is -1.24. The van der Waals surface area contributed by atoms with Gasteiger partial charge in [-0.1, -0.05) is 0 Å². The Morgan fingerprint density at radius 2 is 2.17 bits per heavy atom. The molecule has 0 aliphatic rings. The number of carboxylic acids is 1. The second-order valence-corrected chi connectivity index (χ2v) is 5.06. The van der Waals surface area contributed by atoms with E-state index < -0.39 is 11.5 Å². The van der Waals surface area contributed by atoms with E-state index in [1.807, 2.05) is 0 Å². The highest BCUT2D eigenvalue weighted by Crippen LogP contribution is 2.22. The van der Waals surface area contributed by atoms with Crippen LogP contribution in [0, 0.1) is 0 Å². The summed E-state index contributed by atoms with van der Waals surface area (Å²) in [6.45, 7) is 3.04. The van der Waals surface area contributed by atoms with Crippen LogP contribution in [0.2, 0.25) is 0 Å². The molecule has 0 saturated carbocycles. The molecule has 2 aromatic rings. The van der Waals surface area contributed by atoms with E-state index >= 15 is 0 Å². The fourth-order valence-electron chi connectivity index (χ4n) is 1.32. The van der Waals surface area contributed by atoms with E-state index in [1.165, 1.54) is 18.5 Å². The van der Waals surface area contributed by atoms with Crippen LogP contribution in [0.5, 0.6) is 0 Å². The van der Waals surface area contributed by atoms with Crippen LogP contribution in [0.25, 0.3) is 11.5 Å². The lowest BCUT2D eigenvalue weighted by Gasteiger charge is -2.19. The third-order valence-corrected chi connectivity index (χ3v) is 2.95. The Balaban J connectivity index is 2.52. The van der Waals surface area contributed by atoms with Gasteiger partial charge in [0.2, 0.25) is 5.82 Å². The predicted octanol–water partition coefficient (Wildman–Crippen LogP) is 1.32. The Hall–Kier alpha value is -1.83. The maximum absolute atomic E-state index is 11.2. The van der Waals surface area contributed by atoms with Crippen LogP contribution in [0.15, 0.2) is 22.8 Å². The van der Waals surface area contributed by atoms with Crippen LogP contribution in [-0.4, -0.2) is 36.3 Å². The molecule has 0 spiro atoms. The standard InChI is InChI=1S/C10H10BrN5O2/c1-10(2,9(17)18)16-8(13-14-15-16)7-4-3-6(11)5-12-7/h3-5H,1-2H3,(H,17,18). The molecule has 94 valence electrons. The summed E-state index contributed by atoms with van der Waals surface area (Å²) in [6, 6.07) is 3.50. The smallest absolute Gasteiger partial charge is 0.331 e. The summed E-state index contributed by atoms with van der Waals surface area (Å²) in [5.74, 6) is -0.705. The number of nitrogens with zero attached hydrogens (tertiary/aromatic N) is 5. The zero-order valence-electron chi connectivity index (χ0n) is 9.70. The van der Waals surface area contributed by atoms with Crippen molar-refractivity contribution in [3.8, 4) is 11.5 Å². The van der Waals surface area contributed by atoms with Crippen LogP contribution in [-0.2, 0) is 10.3 Å². The average Bonchev–Trinajstić information content (AvgIpc) is 2.79. The number of rotatable bonds is 3. The summed E-state index contributed by atoms with van der Waals surface area (Å²) in [5.41, 5.74) is -0.731. The number of hydrogen-bond acceptors (Lipinski definition) is 5. The van der Waals surface area contributed by atoms with Gasteiger partial charge in [-0.2, -0.15) is 0 Å². The minimum absolute atomic E-state index is 0.315. The number of aromatic nitrogens is 5. The third-order valence-electron chi connectivity index (χ3n) is 2.48. The van der Waals surface area contributed by atoms with E-state index in [1.54, 1.807) is 18.3 Å². The lowest BCUT2D eigenvalue weighted by Crippen LogP contribution is -2.37. The fraction of sp³-hybridized carbons (Fsp3) is 0.300. The molecule has 0 saturated heterocycles. The van der Waals surface area contributed by atoms with E-state index in [0.717, 1.165) is 4.47 Å².